The van der Waals surface area contributed by atoms with E-state index >= 15 is 0 Å². The van der Waals surface area contributed by atoms with Gasteiger partial charge in [-0.2, -0.15) is 0 Å². The molecule has 18 heteroatoms. The minimum Gasteiger partial charge on any atom is -0.412 e. The molecule has 0 amide bonds. The van der Waals surface area contributed by atoms with Gasteiger partial charge in [0.15, 0.2) is 6.29 Å². The zero-order chi connectivity index (χ0) is 77.0. The second-order valence-corrected chi connectivity index (χ2v) is 38.9. The molecule has 2 heterocycles. The molecule has 10 unspecified atom stereocenters. The van der Waals surface area contributed by atoms with Crippen molar-refractivity contribution in [2.24, 2.45) is 130 Å². The maximum atomic E-state index is 12.8. The number of hydrogen-bond acceptors (Lipinski definition) is 4. The second kappa shape index (κ2) is 72.1. The third-order valence-corrected chi connectivity index (χ3v) is 26.1. The lowest BCUT2D eigenvalue weighted by atomic mass is 9.81. The molecule has 12 fully saturated rings. The Morgan fingerprint density at radius 1 is 0.209 bits per heavy atom. The molecule has 0 aromatic carbocycles. The van der Waals surface area contributed by atoms with Crippen LogP contribution in [0, 0.1) is 130 Å². The summed E-state index contributed by atoms with van der Waals surface area (Å²) >= 11 is 0. The van der Waals surface area contributed by atoms with E-state index in [0.29, 0.717) is 61.4 Å². The van der Waals surface area contributed by atoms with Crippen LogP contribution in [-0.2, 0) is 9.47 Å². The monoisotopic (exact) mass is 1610 g/mol. The van der Waals surface area contributed by atoms with Crippen LogP contribution in [0.1, 0.15) is 387 Å². The van der Waals surface area contributed by atoms with Crippen molar-refractivity contribution in [2.45, 2.75) is 434 Å². The number of halogens is 7. The average Bonchev–Trinajstić information content (AvgIpc) is 0.870. The summed E-state index contributed by atoms with van der Waals surface area (Å²) in [6, 6.07) is 0. The lowest BCUT2D eigenvalue weighted by Gasteiger charge is -2.30. The molecule has 11 nitrogen and oxygen atoms in total. The van der Waals surface area contributed by atoms with Crippen molar-refractivity contribution in [1.82, 2.24) is 10.6 Å². The summed E-state index contributed by atoms with van der Waals surface area (Å²) in [6.45, 7) is 56.3. The van der Waals surface area contributed by atoms with Gasteiger partial charge in [0.1, 0.15) is 37.0 Å². The van der Waals surface area contributed by atoms with Gasteiger partial charge in [-0.25, -0.2) is 26.3 Å². The number of hydrogen-bond donors (Lipinski definition) is 2. The summed E-state index contributed by atoms with van der Waals surface area (Å²) in [5.74, 6) is 15.2. The van der Waals surface area contributed by atoms with Crippen molar-refractivity contribution in [2.75, 3.05) is 26.3 Å². The predicted molar refractivity (Wildman–Crippen MR) is 467 cm³/mol. The molecule has 2 saturated heterocycles. The lowest BCUT2D eigenvalue weighted by molar-refractivity contribution is -0.187. The van der Waals surface area contributed by atoms with Crippen LogP contribution >= 0.6 is 0 Å². The largest absolute Gasteiger partial charge is 0.412 e. The van der Waals surface area contributed by atoms with E-state index in [1.807, 2.05) is 34.6 Å². The number of ether oxygens (including phenoxy) is 2. The van der Waals surface area contributed by atoms with Gasteiger partial charge >= 0.3 is 0 Å². The lowest BCUT2D eigenvalue weighted by Crippen LogP contribution is -2.50. The first-order valence-corrected chi connectivity index (χ1v) is 44.5. The van der Waals surface area contributed by atoms with Gasteiger partial charge in [0, 0.05) is 33.7 Å². The zero-order valence-corrected chi connectivity index (χ0v) is 76.2. The maximum absolute atomic E-state index is 12.8. The first kappa shape index (κ1) is 125. The zero-order valence-electron chi connectivity index (χ0n) is 76.2. The Balaban J connectivity index is -0.000000126. The molecule has 10 atom stereocenters. The minimum atomic E-state index is -0.918. The van der Waals surface area contributed by atoms with Crippen molar-refractivity contribution in [3.63, 3.8) is 0 Å². The van der Waals surface area contributed by atoms with Gasteiger partial charge in [-0.1, -0.05) is 319 Å². The van der Waals surface area contributed by atoms with Crippen molar-refractivity contribution in [3.8, 4) is 0 Å². The highest BCUT2D eigenvalue weighted by atomic mass is 19.2. The maximum Gasteiger partial charge on any atom is 0.154 e. The van der Waals surface area contributed by atoms with Crippen LogP contribution in [0.15, 0.2) is 0 Å². The highest BCUT2D eigenvalue weighted by Gasteiger charge is 2.35. The Bertz CT molecular complexity index is 1510. The van der Waals surface area contributed by atoms with E-state index in [1.165, 1.54) is 167 Å². The van der Waals surface area contributed by atoms with Crippen molar-refractivity contribution < 1.29 is 81.7 Å². The molecule has 0 bridgehead atoms. The highest BCUT2D eigenvalue weighted by molar-refractivity contribution is 4.84. The summed E-state index contributed by atoms with van der Waals surface area (Å²) in [7, 11) is 0. The van der Waals surface area contributed by atoms with Crippen molar-refractivity contribution >= 4 is 0 Å². The predicted octanol–water partition coefficient (Wildman–Crippen LogP) is 24.1. The third-order valence-electron chi connectivity index (χ3n) is 26.1. The third kappa shape index (κ3) is 64.1. The molecule has 16 N–H and O–H groups in total. The van der Waals surface area contributed by atoms with Gasteiger partial charge < -0.3 is 58.4 Å². The Labute approximate surface area is 679 Å². The van der Waals surface area contributed by atoms with Gasteiger partial charge in [0.05, 0.1) is 19.4 Å². The standard InChI is InChI=1S/2C8H14F2.2C8H15F.6C8H16.C6H14N2.C6H12O2.FH.7H2O.2H2/c2*1-5-3-7(9)6(2)8(10)4-5;2*1-6-3-4-7(2)8(9)5-6;6*1-7-3-5-8(2)6-4-7;2*1-5-3-7-6(2)8-4-5;;;;;;;;;;/h2*5-8H,3-4H2,1-2H3;2*6-8H,3-5H2,1-2H3;6*7-8H,3-6H2,1-2H3;5-8H,3-4H2,1-2H3;5-6H,3-4H2,1-2H3;1H;7*1H2;2*1H. The Kier molecular flexibility index (Phi) is 81.8. The van der Waals surface area contributed by atoms with Crippen LogP contribution in [0.25, 0.3) is 0 Å². The van der Waals surface area contributed by atoms with Gasteiger partial charge in [-0.15, -0.1) is 0 Å². The van der Waals surface area contributed by atoms with Crippen LogP contribution in [0.3, 0.4) is 0 Å². The normalized spacial score (nSPS) is 39.4. The summed E-state index contributed by atoms with van der Waals surface area (Å²) in [4.78, 5) is 0. The van der Waals surface area contributed by atoms with Crippen LogP contribution < -0.4 is 10.6 Å². The van der Waals surface area contributed by atoms with E-state index in [4.69, 9.17) is 9.47 Å². The Hall–Kier alpha value is -0.930. The Morgan fingerprint density at radius 2 is 0.373 bits per heavy atom. The topological polar surface area (TPSA) is 263 Å². The van der Waals surface area contributed by atoms with E-state index in [-0.39, 0.29) is 75.9 Å². The number of nitrogens with one attached hydrogen (secondary N) is 2. The first-order chi connectivity index (χ1) is 47.9. The molecule has 2 aliphatic heterocycles. The molecule has 0 aromatic heterocycles. The molecule has 0 radical (unpaired) electrons. The van der Waals surface area contributed by atoms with Gasteiger partial charge in [0.2, 0.25) is 0 Å². The average molecular weight is 1610 g/mol. The number of rotatable bonds is 0. The van der Waals surface area contributed by atoms with Crippen molar-refractivity contribution in [3.05, 3.63) is 0 Å². The SMILES string of the molecule is CC1CC(F)C(C)C(F)C1.CC1CC(F)C(C)C(F)C1.CC1CCC(C)C(F)C1.CC1CCC(C)C(F)C1.CC1CCC(C)CC1.CC1CCC(C)CC1.CC1CCC(C)CC1.CC1CCC(C)CC1.CC1CCC(C)CC1.CC1CCC(C)CC1.CC1CNC(C)NC1.CC1COC(C)OC1.F.O.O.O.O.O.O.O.[HH].[HH]. The first-order valence-electron chi connectivity index (χ1n) is 44.5. The van der Waals surface area contributed by atoms with E-state index in [2.05, 4.69) is 128 Å². The Morgan fingerprint density at radius 3 is 0.518 bits per heavy atom. The van der Waals surface area contributed by atoms with E-state index in [9.17, 15) is 26.3 Å². The molecule has 0 aromatic rings. The molecule has 10 aliphatic carbocycles. The van der Waals surface area contributed by atoms with E-state index in [0.717, 1.165) is 129 Å². The van der Waals surface area contributed by atoms with Gasteiger partial charge in [-0.05, 0) is 178 Å². The van der Waals surface area contributed by atoms with Crippen LogP contribution in [0.4, 0.5) is 31.0 Å². The molecule has 12 aliphatic rings. The molecule has 10 saturated carbocycles. The highest BCUT2D eigenvalue weighted by Crippen LogP contribution is 2.37. The van der Waals surface area contributed by atoms with Crippen LogP contribution in [0.5, 0.6) is 0 Å². The van der Waals surface area contributed by atoms with Gasteiger partial charge in [-0.3, -0.25) is 4.70 Å². The quantitative estimate of drug-likeness (QED) is 0.224. The van der Waals surface area contributed by atoms with Crippen LogP contribution in [-0.4, -0.2) is 114 Å². The molecular weight excluding hydrogens is 1410 g/mol. The fourth-order valence-corrected chi connectivity index (χ4v) is 16.1. The fraction of sp³-hybridized carbons (Fsp3) is 1.00. The van der Waals surface area contributed by atoms with E-state index < -0.39 is 37.0 Å². The van der Waals surface area contributed by atoms with Crippen molar-refractivity contribution in [1.29, 1.82) is 0 Å². The summed E-state index contributed by atoms with van der Waals surface area (Å²) in [6.07, 6.45) is 39.6. The molecular formula is C92H199F7N2O9. The number of alkyl halides is 6. The van der Waals surface area contributed by atoms with Gasteiger partial charge in [0.25, 0.3) is 0 Å². The fourth-order valence-electron chi connectivity index (χ4n) is 16.1. The molecule has 110 heavy (non-hydrogen) atoms. The molecule has 680 valence electrons. The smallest absolute Gasteiger partial charge is 0.154 e. The summed E-state index contributed by atoms with van der Waals surface area (Å²) < 4.78 is 87.3. The molecule has 12 rings (SSSR count). The molecule has 0 spiro atoms. The summed E-state index contributed by atoms with van der Waals surface area (Å²) in [5, 5.41) is 6.64. The second-order valence-electron chi connectivity index (χ2n) is 38.9. The van der Waals surface area contributed by atoms with Crippen LogP contribution in [0.2, 0.25) is 0 Å². The van der Waals surface area contributed by atoms with E-state index in [1.54, 1.807) is 13.8 Å². The minimum absolute atomic E-state index is 0. The summed E-state index contributed by atoms with van der Waals surface area (Å²) in [5.41, 5.74) is 0.